The molecule has 1 aromatic heterocycles. The van der Waals surface area contributed by atoms with Crippen LogP contribution < -0.4 is 10.9 Å². The third kappa shape index (κ3) is 3.25. The van der Waals surface area contributed by atoms with Gasteiger partial charge in [-0.3, -0.25) is 14.7 Å². The SMILES string of the molecule is C[C@]1(O)Cc2[nH][nH]c(=O)c2[C@@H](c2ccc(Cl)cc2)[C@H]1C(=O)Nc1ccccc1. The van der Waals surface area contributed by atoms with Gasteiger partial charge in [0, 0.05) is 34.3 Å². The summed E-state index contributed by atoms with van der Waals surface area (Å²) in [4.78, 5) is 25.8. The van der Waals surface area contributed by atoms with Crippen molar-refractivity contribution in [1.29, 1.82) is 0 Å². The van der Waals surface area contributed by atoms with E-state index in [4.69, 9.17) is 11.6 Å². The molecule has 0 aliphatic heterocycles. The maximum Gasteiger partial charge on any atom is 0.267 e. The first-order valence-electron chi connectivity index (χ1n) is 9.00. The lowest BCUT2D eigenvalue weighted by Crippen LogP contribution is -2.51. The molecule has 144 valence electrons. The molecule has 0 unspecified atom stereocenters. The largest absolute Gasteiger partial charge is 0.389 e. The third-order valence-electron chi connectivity index (χ3n) is 5.30. The molecule has 1 aliphatic rings. The highest BCUT2D eigenvalue weighted by molar-refractivity contribution is 6.30. The number of hydrogen-bond acceptors (Lipinski definition) is 3. The summed E-state index contributed by atoms with van der Waals surface area (Å²) in [6.45, 7) is 1.62. The number of para-hydroxylation sites is 1. The Morgan fingerprint density at radius 3 is 2.50 bits per heavy atom. The van der Waals surface area contributed by atoms with Gasteiger partial charge in [0.2, 0.25) is 5.91 Å². The van der Waals surface area contributed by atoms with Crippen molar-refractivity contribution in [2.45, 2.75) is 24.9 Å². The van der Waals surface area contributed by atoms with Gasteiger partial charge in [-0.05, 0) is 36.8 Å². The van der Waals surface area contributed by atoms with Crippen LogP contribution >= 0.6 is 11.6 Å². The first-order valence-corrected chi connectivity index (χ1v) is 9.38. The monoisotopic (exact) mass is 397 g/mol. The van der Waals surface area contributed by atoms with Crippen molar-refractivity contribution < 1.29 is 9.90 Å². The number of H-pyrrole nitrogens is 2. The second-order valence-electron chi connectivity index (χ2n) is 7.37. The van der Waals surface area contributed by atoms with E-state index >= 15 is 0 Å². The van der Waals surface area contributed by atoms with E-state index in [-0.39, 0.29) is 17.9 Å². The summed E-state index contributed by atoms with van der Waals surface area (Å²) in [6, 6.07) is 16.1. The number of amides is 1. The van der Waals surface area contributed by atoms with Gasteiger partial charge in [0.15, 0.2) is 0 Å². The van der Waals surface area contributed by atoms with Crippen LogP contribution in [-0.2, 0) is 11.2 Å². The fourth-order valence-corrected chi connectivity index (χ4v) is 4.20. The minimum absolute atomic E-state index is 0.165. The van der Waals surface area contributed by atoms with Crippen LogP contribution in [0, 0.1) is 5.92 Å². The third-order valence-corrected chi connectivity index (χ3v) is 5.55. The van der Waals surface area contributed by atoms with Crippen molar-refractivity contribution >= 4 is 23.2 Å². The van der Waals surface area contributed by atoms with Crippen molar-refractivity contribution in [1.82, 2.24) is 10.2 Å². The van der Waals surface area contributed by atoms with E-state index in [9.17, 15) is 14.7 Å². The van der Waals surface area contributed by atoms with Crippen LogP contribution in [0.3, 0.4) is 0 Å². The smallest absolute Gasteiger partial charge is 0.267 e. The number of nitrogens with one attached hydrogen (secondary N) is 3. The quantitative estimate of drug-likeness (QED) is 0.546. The average molecular weight is 398 g/mol. The summed E-state index contributed by atoms with van der Waals surface area (Å²) in [5, 5.41) is 20.1. The van der Waals surface area contributed by atoms with Gasteiger partial charge in [0.1, 0.15) is 0 Å². The number of fused-ring (bicyclic) bond motifs is 1. The number of rotatable bonds is 3. The molecule has 0 fully saturated rings. The number of hydrogen-bond donors (Lipinski definition) is 4. The van der Waals surface area contributed by atoms with E-state index in [2.05, 4.69) is 15.5 Å². The molecule has 0 bridgehead atoms. The second kappa shape index (κ2) is 6.96. The van der Waals surface area contributed by atoms with Gasteiger partial charge in [-0.15, -0.1) is 0 Å². The van der Waals surface area contributed by atoms with Crippen LogP contribution in [0.2, 0.25) is 5.02 Å². The van der Waals surface area contributed by atoms with Crippen LogP contribution in [0.1, 0.15) is 29.7 Å². The normalized spacial score (nSPS) is 23.8. The highest BCUT2D eigenvalue weighted by Gasteiger charge is 2.50. The Bertz CT molecular complexity index is 1050. The van der Waals surface area contributed by atoms with Crippen molar-refractivity contribution in [2.24, 2.45) is 5.92 Å². The number of aliphatic hydroxyl groups is 1. The van der Waals surface area contributed by atoms with Gasteiger partial charge in [0.25, 0.3) is 5.56 Å². The molecular formula is C21H20ClN3O3. The van der Waals surface area contributed by atoms with Crippen LogP contribution in [0.5, 0.6) is 0 Å². The van der Waals surface area contributed by atoms with Crippen molar-refractivity contribution in [3.05, 3.63) is 86.8 Å². The first-order chi connectivity index (χ1) is 13.4. The lowest BCUT2D eigenvalue weighted by atomic mass is 9.66. The minimum Gasteiger partial charge on any atom is -0.389 e. The van der Waals surface area contributed by atoms with E-state index in [1.165, 1.54) is 0 Å². The van der Waals surface area contributed by atoms with E-state index in [1.807, 2.05) is 18.2 Å². The number of aromatic amines is 2. The van der Waals surface area contributed by atoms with Crippen LogP contribution in [0.25, 0.3) is 0 Å². The van der Waals surface area contributed by atoms with Gasteiger partial charge in [0.05, 0.1) is 11.5 Å². The number of carbonyl (C=O) groups excluding carboxylic acids is 1. The maximum atomic E-state index is 13.3. The molecule has 0 radical (unpaired) electrons. The van der Waals surface area contributed by atoms with Crippen molar-refractivity contribution in [2.75, 3.05) is 5.32 Å². The second-order valence-corrected chi connectivity index (χ2v) is 7.80. The molecule has 0 saturated carbocycles. The molecule has 3 aromatic rings. The van der Waals surface area contributed by atoms with Gasteiger partial charge in [-0.1, -0.05) is 41.9 Å². The molecule has 1 heterocycles. The fraction of sp³-hybridized carbons (Fsp3) is 0.238. The zero-order valence-corrected chi connectivity index (χ0v) is 16.0. The van der Waals surface area contributed by atoms with Gasteiger partial charge in [-0.25, -0.2) is 0 Å². The standard InChI is InChI=1S/C21H20ClN3O3/c1-21(28)11-15-17(19(26)25-24-15)16(12-7-9-13(22)10-8-12)18(21)20(27)23-14-5-3-2-4-6-14/h2-10,16,18,28H,11H2,1H3,(H,23,27)(H2,24,25,26)/t16-,18+,21+/m1/s1. The topological polar surface area (TPSA) is 98.0 Å². The van der Waals surface area contributed by atoms with E-state index < -0.39 is 17.4 Å². The van der Waals surface area contributed by atoms with Crippen molar-refractivity contribution in [3.63, 3.8) is 0 Å². The predicted octanol–water partition coefficient (Wildman–Crippen LogP) is 3.05. The molecule has 28 heavy (non-hydrogen) atoms. The number of anilines is 1. The molecule has 3 atom stereocenters. The van der Waals surface area contributed by atoms with Crippen molar-refractivity contribution in [3.8, 4) is 0 Å². The van der Waals surface area contributed by atoms with E-state index in [0.29, 0.717) is 22.0 Å². The lowest BCUT2D eigenvalue weighted by Gasteiger charge is -2.41. The van der Waals surface area contributed by atoms with E-state index in [1.54, 1.807) is 43.3 Å². The molecule has 4 rings (SSSR count). The molecule has 6 nitrogen and oxygen atoms in total. The number of aromatic nitrogens is 2. The molecule has 1 aliphatic carbocycles. The summed E-state index contributed by atoms with van der Waals surface area (Å²) in [5.41, 5.74) is 0.806. The molecule has 0 saturated heterocycles. The van der Waals surface area contributed by atoms with E-state index in [0.717, 1.165) is 5.56 Å². The molecule has 1 amide bonds. The summed E-state index contributed by atoms with van der Waals surface area (Å²) in [7, 11) is 0. The number of carbonyl (C=O) groups is 1. The predicted molar refractivity (Wildman–Crippen MR) is 108 cm³/mol. The number of halogens is 1. The Morgan fingerprint density at radius 2 is 1.82 bits per heavy atom. The summed E-state index contributed by atoms with van der Waals surface area (Å²) >= 11 is 6.02. The summed E-state index contributed by atoms with van der Waals surface area (Å²) < 4.78 is 0. The molecule has 7 heteroatoms. The molecular weight excluding hydrogens is 378 g/mol. The molecule has 2 aromatic carbocycles. The lowest BCUT2D eigenvalue weighted by molar-refractivity contribution is -0.130. The Kier molecular flexibility index (Phi) is 4.61. The Hall–Kier alpha value is -2.83. The Balaban J connectivity index is 1.83. The summed E-state index contributed by atoms with van der Waals surface area (Å²) in [6.07, 6.45) is 0.165. The molecule has 0 spiro atoms. The Morgan fingerprint density at radius 1 is 1.14 bits per heavy atom. The maximum absolute atomic E-state index is 13.3. The van der Waals surface area contributed by atoms with Gasteiger partial charge < -0.3 is 15.5 Å². The highest BCUT2D eigenvalue weighted by Crippen LogP contribution is 2.44. The van der Waals surface area contributed by atoms with Gasteiger partial charge in [-0.2, -0.15) is 0 Å². The fourth-order valence-electron chi connectivity index (χ4n) is 4.07. The number of benzene rings is 2. The van der Waals surface area contributed by atoms with Crippen LogP contribution in [0.4, 0.5) is 5.69 Å². The van der Waals surface area contributed by atoms with Crippen LogP contribution in [-0.4, -0.2) is 26.8 Å². The average Bonchev–Trinajstić information content (AvgIpc) is 3.01. The zero-order chi connectivity index (χ0) is 19.9. The highest BCUT2D eigenvalue weighted by atomic mass is 35.5. The zero-order valence-electron chi connectivity index (χ0n) is 15.2. The van der Waals surface area contributed by atoms with Gasteiger partial charge >= 0.3 is 0 Å². The Labute approximate surface area is 166 Å². The minimum atomic E-state index is -1.36. The molecule has 4 N–H and O–H groups in total. The first kappa shape index (κ1) is 18.5. The van der Waals surface area contributed by atoms with Crippen LogP contribution in [0.15, 0.2) is 59.4 Å². The summed E-state index contributed by atoms with van der Waals surface area (Å²) in [5.74, 6) is -1.82.